The second-order valence-electron chi connectivity index (χ2n) is 11.0. The zero-order valence-corrected chi connectivity index (χ0v) is 28.2. The Labute approximate surface area is 280 Å². The summed E-state index contributed by atoms with van der Waals surface area (Å²) >= 11 is 3.51. The summed E-state index contributed by atoms with van der Waals surface area (Å²) in [7, 11) is 1.48. The number of para-hydroxylation sites is 1. The predicted molar refractivity (Wildman–Crippen MR) is 186 cm³/mol. The minimum absolute atomic E-state index is 0.166. The summed E-state index contributed by atoms with van der Waals surface area (Å²) in [4.78, 5) is 31.2. The summed E-state index contributed by atoms with van der Waals surface area (Å²) in [6.07, 6.45) is 1.53. The zero-order chi connectivity index (χ0) is 33.7. The predicted octanol–water partition coefficient (Wildman–Crippen LogP) is 7.70. The van der Waals surface area contributed by atoms with Crippen LogP contribution >= 0.6 is 15.9 Å². The Morgan fingerprint density at radius 3 is 2.51 bits per heavy atom. The molecule has 9 nitrogen and oxygen atoms in total. The molecule has 47 heavy (non-hydrogen) atoms. The van der Waals surface area contributed by atoms with Crippen molar-refractivity contribution in [2.75, 3.05) is 25.6 Å². The number of anilines is 1. The highest BCUT2D eigenvalue weighted by Crippen LogP contribution is 2.37. The number of aryl methyl sites for hydroxylation is 1. The van der Waals surface area contributed by atoms with Gasteiger partial charge in [-0.3, -0.25) is 9.59 Å². The van der Waals surface area contributed by atoms with Crippen LogP contribution in [-0.2, 0) is 4.79 Å². The standard InChI is InChI=1S/C36H34BrFN4O5/c1-6-46-31-15-22(4)28(18-27(31)21(2)3)35-41-30-10-8-7-9-26(30)36(44)42(35)39-19-23-16-29(37)34(32(17-23)45-5)47-20-33(43)40-25-13-11-24(38)12-14-25/h7-19,21H,6,20H2,1-5H3,(H,40,43). The first-order valence-corrected chi connectivity index (χ1v) is 15.8. The van der Waals surface area contributed by atoms with E-state index in [0.717, 1.165) is 22.4 Å². The van der Waals surface area contributed by atoms with Gasteiger partial charge < -0.3 is 19.5 Å². The number of ether oxygens (including phenoxy) is 3. The van der Waals surface area contributed by atoms with E-state index in [0.29, 0.717) is 50.6 Å². The Kier molecular flexibility index (Phi) is 10.4. The van der Waals surface area contributed by atoms with E-state index in [4.69, 9.17) is 19.2 Å². The number of fused-ring (bicyclic) bond motifs is 1. The highest BCUT2D eigenvalue weighted by atomic mass is 79.9. The third kappa shape index (κ3) is 7.52. The molecule has 0 bridgehead atoms. The number of hydrogen-bond acceptors (Lipinski definition) is 7. The smallest absolute Gasteiger partial charge is 0.282 e. The molecule has 0 saturated carbocycles. The van der Waals surface area contributed by atoms with Gasteiger partial charge >= 0.3 is 0 Å². The molecule has 0 saturated heterocycles. The third-order valence-electron chi connectivity index (χ3n) is 7.32. The van der Waals surface area contributed by atoms with Gasteiger partial charge in [0, 0.05) is 11.3 Å². The largest absolute Gasteiger partial charge is 0.494 e. The lowest BCUT2D eigenvalue weighted by molar-refractivity contribution is -0.118. The molecule has 5 aromatic rings. The average molecular weight is 702 g/mol. The van der Waals surface area contributed by atoms with Crippen LogP contribution < -0.4 is 25.1 Å². The number of halogens is 2. The van der Waals surface area contributed by atoms with E-state index in [2.05, 4.69) is 40.2 Å². The van der Waals surface area contributed by atoms with Gasteiger partial charge in [-0.25, -0.2) is 9.37 Å². The van der Waals surface area contributed by atoms with Crippen LogP contribution in [0.3, 0.4) is 0 Å². The number of nitrogens with zero attached hydrogens (tertiary/aromatic N) is 3. The van der Waals surface area contributed by atoms with Crippen LogP contribution in [0, 0.1) is 12.7 Å². The number of methoxy groups -OCH3 is 1. The van der Waals surface area contributed by atoms with E-state index in [1.165, 1.54) is 42.3 Å². The number of nitrogens with one attached hydrogen (secondary N) is 1. The van der Waals surface area contributed by atoms with Gasteiger partial charge in [-0.05, 0) is 113 Å². The molecule has 1 heterocycles. The molecule has 1 aromatic heterocycles. The Morgan fingerprint density at radius 2 is 1.81 bits per heavy atom. The summed E-state index contributed by atoms with van der Waals surface area (Å²) in [5.74, 6) is 1.16. The lowest BCUT2D eigenvalue weighted by Crippen LogP contribution is -2.21. The van der Waals surface area contributed by atoms with Crippen molar-refractivity contribution in [1.29, 1.82) is 0 Å². The minimum Gasteiger partial charge on any atom is -0.494 e. The molecule has 0 aliphatic heterocycles. The van der Waals surface area contributed by atoms with Gasteiger partial charge in [0.25, 0.3) is 11.5 Å². The normalized spacial score (nSPS) is 11.3. The molecule has 4 aromatic carbocycles. The van der Waals surface area contributed by atoms with Crippen LogP contribution in [0.4, 0.5) is 10.1 Å². The van der Waals surface area contributed by atoms with Gasteiger partial charge in [0.1, 0.15) is 11.6 Å². The van der Waals surface area contributed by atoms with Crippen molar-refractivity contribution in [2.24, 2.45) is 5.10 Å². The van der Waals surface area contributed by atoms with Gasteiger partial charge in [-0.1, -0.05) is 26.0 Å². The van der Waals surface area contributed by atoms with Crippen molar-refractivity contribution in [1.82, 2.24) is 9.66 Å². The molecule has 0 spiro atoms. The fourth-order valence-corrected chi connectivity index (χ4v) is 5.60. The minimum atomic E-state index is -0.433. The molecule has 1 amide bonds. The molecule has 0 aliphatic carbocycles. The average Bonchev–Trinajstić information content (AvgIpc) is 3.04. The van der Waals surface area contributed by atoms with E-state index in [1.54, 1.807) is 24.3 Å². The van der Waals surface area contributed by atoms with Crippen LogP contribution in [0.15, 0.2) is 87.2 Å². The Morgan fingerprint density at radius 1 is 1.06 bits per heavy atom. The van der Waals surface area contributed by atoms with Crippen molar-refractivity contribution in [3.8, 4) is 28.6 Å². The van der Waals surface area contributed by atoms with Gasteiger partial charge in [0.05, 0.1) is 35.3 Å². The van der Waals surface area contributed by atoms with Crippen molar-refractivity contribution >= 4 is 44.6 Å². The molecule has 0 radical (unpaired) electrons. The summed E-state index contributed by atoms with van der Waals surface area (Å²) in [6.45, 7) is 8.30. The van der Waals surface area contributed by atoms with Gasteiger partial charge in [0.15, 0.2) is 23.9 Å². The van der Waals surface area contributed by atoms with Gasteiger partial charge in [-0.15, -0.1) is 0 Å². The first-order chi connectivity index (χ1) is 22.6. The molecule has 0 atom stereocenters. The fraction of sp³-hybridized carbons (Fsp3) is 0.222. The molecule has 5 rings (SSSR count). The SMILES string of the molecule is CCOc1cc(C)c(-c2nc3ccccc3c(=O)n2N=Cc2cc(Br)c(OCC(=O)Nc3ccc(F)cc3)c(OC)c2)cc1C(C)C. The van der Waals surface area contributed by atoms with Gasteiger partial charge in [-0.2, -0.15) is 9.78 Å². The van der Waals surface area contributed by atoms with Crippen molar-refractivity contribution in [2.45, 2.75) is 33.6 Å². The maximum absolute atomic E-state index is 13.9. The Hall–Kier alpha value is -5.03. The number of amides is 1. The highest BCUT2D eigenvalue weighted by molar-refractivity contribution is 9.10. The van der Waals surface area contributed by atoms with Crippen molar-refractivity contribution < 1.29 is 23.4 Å². The van der Waals surface area contributed by atoms with E-state index in [-0.39, 0.29) is 18.1 Å². The molecule has 0 fully saturated rings. The topological polar surface area (TPSA) is 104 Å². The highest BCUT2D eigenvalue weighted by Gasteiger charge is 2.19. The maximum atomic E-state index is 13.9. The van der Waals surface area contributed by atoms with E-state index < -0.39 is 11.7 Å². The number of rotatable bonds is 11. The molecular weight excluding hydrogens is 667 g/mol. The molecule has 11 heteroatoms. The third-order valence-corrected chi connectivity index (χ3v) is 7.91. The number of carbonyl (C=O) groups excluding carboxylic acids is 1. The van der Waals surface area contributed by atoms with Crippen LogP contribution in [0.25, 0.3) is 22.3 Å². The quantitative estimate of drug-likeness (QED) is 0.142. The first-order valence-electron chi connectivity index (χ1n) is 15.0. The fourth-order valence-electron chi connectivity index (χ4n) is 5.02. The lowest BCUT2D eigenvalue weighted by Gasteiger charge is -2.18. The Bertz CT molecular complexity index is 2030. The molecule has 1 N–H and O–H groups in total. The van der Waals surface area contributed by atoms with E-state index >= 15 is 0 Å². The number of carbonyl (C=O) groups is 1. The number of aromatic nitrogens is 2. The van der Waals surface area contributed by atoms with Crippen LogP contribution in [0.5, 0.6) is 17.2 Å². The molecule has 0 aliphatic rings. The van der Waals surface area contributed by atoms with Crippen molar-refractivity contribution in [3.63, 3.8) is 0 Å². The van der Waals surface area contributed by atoms with Crippen LogP contribution in [-0.4, -0.2) is 42.1 Å². The van der Waals surface area contributed by atoms with E-state index in [9.17, 15) is 14.0 Å². The second kappa shape index (κ2) is 14.6. The first kappa shape index (κ1) is 33.3. The summed E-state index contributed by atoms with van der Waals surface area (Å²) < 4.78 is 32.2. The molecular formula is C36H34BrFN4O5. The van der Waals surface area contributed by atoms with Crippen LogP contribution in [0.1, 0.15) is 43.4 Å². The summed E-state index contributed by atoms with van der Waals surface area (Å²) in [6, 6.07) is 20.0. The zero-order valence-electron chi connectivity index (χ0n) is 26.6. The maximum Gasteiger partial charge on any atom is 0.282 e. The molecule has 0 unspecified atom stereocenters. The van der Waals surface area contributed by atoms with Crippen LogP contribution in [0.2, 0.25) is 0 Å². The van der Waals surface area contributed by atoms with E-state index in [1.807, 2.05) is 38.1 Å². The summed E-state index contributed by atoms with van der Waals surface area (Å²) in [5, 5.41) is 7.71. The van der Waals surface area contributed by atoms with Crippen molar-refractivity contribution in [3.05, 3.63) is 110 Å². The monoisotopic (exact) mass is 700 g/mol. The summed E-state index contributed by atoms with van der Waals surface area (Å²) in [5.41, 5.74) is 3.93. The Balaban J connectivity index is 1.50. The lowest BCUT2D eigenvalue weighted by atomic mass is 9.96. The molecule has 242 valence electrons. The van der Waals surface area contributed by atoms with Gasteiger partial charge in [0.2, 0.25) is 0 Å². The number of benzene rings is 4. The second-order valence-corrected chi connectivity index (χ2v) is 11.8. The number of hydrogen-bond donors (Lipinski definition) is 1.